The lowest BCUT2D eigenvalue weighted by molar-refractivity contribution is 0.260. The van der Waals surface area contributed by atoms with Crippen molar-refractivity contribution in [2.75, 3.05) is 5.32 Å². The molecule has 10 aromatic rings. The first kappa shape index (κ1) is 36.1. The van der Waals surface area contributed by atoms with Gasteiger partial charge in [0, 0.05) is 16.7 Å². The Bertz CT molecular complexity index is 3120. The fraction of sp³-hybridized carbons (Fsp3) is 0.0172. The van der Waals surface area contributed by atoms with Crippen LogP contribution >= 0.6 is 0 Å². The maximum absolute atomic E-state index is 6.57. The third-order valence-electron chi connectivity index (χ3n) is 11.7. The number of anilines is 1. The van der Waals surface area contributed by atoms with Crippen molar-refractivity contribution in [3.05, 3.63) is 236 Å². The van der Waals surface area contributed by atoms with Crippen molar-refractivity contribution in [3.8, 4) is 83.9 Å². The van der Waals surface area contributed by atoms with Gasteiger partial charge in [0.15, 0.2) is 6.23 Å². The molecule has 1 N–H and O–H groups in total. The topological polar surface area (TPSA) is 34.2 Å². The zero-order valence-electron chi connectivity index (χ0n) is 33.4. The highest BCUT2D eigenvalue weighted by atomic mass is 16.5. The van der Waals surface area contributed by atoms with Crippen LogP contribution in [0.2, 0.25) is 0 Å². The molecule has 0 bridgehead atoms. The van der Waals surface area contributed by atoms with Crippen LogP contribution < -0.4 is 10.1 Å². The second kappa shape index (κ2) is 15.6. The van der Waals surface area contributed by atoms with Crippen LogP contribution in [0, 0.1) is 0 Å². The van der Waals surface area contributed by atoms with Gasteiger partial charge in [-0.3, -0.25) is 0 Å². The molecule has 1 aliphatic heterocycles. The predicted molar refractivity (Wildman–Crippen MR) is 253 cm³/mol. The summed E-state index contributed by atoms with van der Waals surface area (Å²) in [7, 11) is 0. The quantitative estimate of drug-likeness (QED) is 0.167. The van der Waals surface area contributed by atoms with E-state index in [0.717, 1.165) is 67.3 Å². The Morgan fingerprint density at radius 2 is 0.902 bits per heavy atom. The van der Waals surface area contributed by atoms with Gasteiger partial charge >= 0.3 is 0 Å². The third-order valence-corrected chi connectivity index (χ3v) is 11.7. The molecule has 9 aromatic carbocycles. The highest BCUT2D eigenvalue weighted by molar-refractivity contribution is 6.04. The standard InChI is InChI=1S/C58H40N2O/c1-4-14-39(15-5-1)45-21-13-24-49(35-45)58-60-53-33-31-47(38-56(53)61-58)46-22-12-23-48(34-46)52-32-30-41-16-10-11-25-51(41)57(52)44-28-26-40(27-29-44)50-36-54(42-17-6-2-7-18-42)59-55(37-50)43-19-8-3-9-20-43/h1-38,58,60H. The normalized spacial score (nSPS) is 13.0. The Labute approximate surface area is 356 Å². The van der Waals surface area contributed by atoms with E-state index in [1.54, 1.807) is 0 Å². The molecule has 61 heavy (non-hydrogen) atoms. The van der Waals surface area contributed by atoms with E-state index < -0.39 is 0 Å². The van der Waals surface area contributed by atoms with E-state index >= 15 is 0 Å². The largest absolute Gasteiger partial charge is 0.464 e. The second-order valence-corrected chi connectivity index (χ2v) is 15.6. The van der Waals surface area contributed by atoms with Gasteiger partial charge in [0.05, 0.1) is 17.1 Å². The molecule has 0 saturated heterocycles. The average molecular weight is 781 g/mol. The second-order valence-electron chi connectivity index (χ2n) is 15.6. The zero-order valence-corrected chi connectivity index (χ0v) is 33.4. The molecule has 0 amide bonds. The monoisotopic (exact) mass is 780 g/mol. The Morgan fingerprint density at radius 3 is 1.62 bits per heavy atom. The lowest BCUT2D eigenvalue weighted by atomic mass is 9.88. The van der Waals surface area contributed by atoms with Crippen LogP contribution in [0.5, 0.6) is 5.75 Å². The first-order valence-electron chi connectivity index (χ1n) is 20.8. The first-order chi connectivity index (χ1) is 30.2. The van der Waals surface area contributed by atoms with Gasteiger partial charge in [0.2, 0.25) is 0 Å². The molecule has 1 atom stereocenters. The maximum Gasteiger partial charge on any atom is 0.196 e. The number of hydrogen-bond donors (Lipinski definition) is 1. The van der Waals surface area contributed by atoms with Gasteiger partial charge in [-0.05, 0) is 103 Å². The number of ether oxygens (including phenoxy) is 1. The number of benzene rings is 9. The molecule has 0 aliphatic carbocycles. The van der Waals surface area contributed by atoms with E-state index in [9.17, 15) is 0 Å². The number of pyridine rings is 1. The van der Waals surface area contributed by atoms with E-state index in [1.165, 1.54) is 38.6 Å². The predicted octanol–water partition coefficient (Wildman–Crippen LogP) is 15.4. The minimum atomic E-state index is -0.262. The Kier molecular flexibility index (Phi) is 9.25. The van der Waals surface area contributed by atoms with Gasteiger partial charge in [-0.2, -0.15) is 0 Å². The fourth-order valence-corrected chi connectivity index (χ4v) is 8.61. The van der Waals surface area contributed by atoms with Crippen LogP contribution in [0.25, 0.3) is 88.9 Å². The Hall–Kier alpha value is -8.01. The molecule has 0 spiro atoms. The molecule has 0 fully saturated rings. The van der Waals surface area contributed by atoms with Crippen LogP contribution in [0.3, 0.4) is 0 Å². The zero-order chi connectivity index (χ0) is 40.5. The van der Waals surface area contributed by atoms with Gasteiger partial charge < -0.3 is 10.1 Å². The van der Waals surface area contributed by atoms with Crippen molar-refractivity contribution in [1.29, 1.82) is 0 Å². The smallest absolute Gasteiger partial charge is 0.196 e. The summed E-state index contributed by atoms with van der Waals surface area (Å²) in [5.41, 5.74) is 17.8. The fourth-order valence-electron chi connectivity index (χ4n) is 8.61. The maximum atomic E-state index is 6.57. The van der Waals surface area contributed by atoms with E-state index in [2.05, 4.69) is 218 Å². The Morgan fingerprint density at radius 1 is 0.361 bits per heavy atom. The minimum Gasteiger partial charge on any atom is -0.464 e. The van der Waals surface area contributed by atoms with E-state index in [4.69, 9.17) is 9.72 Å². The molecule has 1 unspecified atom stereocenters. The van der Waals surface area contributed by atoms with Crippen molar-refractivity contribution in [1.82, 2.24) is 4.98 Å². The Balaban J connectivity index is 0.929. The van der Waals surface area contributed by atoms with Gasteiger partial charge in [0.1, 0.15) is 5.75 Å². The van der Waals surface area contributed by atoms with Gasteiger partial charge in [-0.1, -0.05) is 194 Å². The molecular formula is C58H40N2O. The molecule has 3 nitrogen and oxygen atoms in total. The number of aromatic nitrogens is 1. The third kappa shape index (κ3) is 7.13. The van der Waals surface area contributed by atoms with Crippen LogP contribution in [-0.4, -0.2) is 4.98 Å². The number of hydrogen-bond acceptors (Lipinski definition) is 3. The van der Waals surface area contributed by atoms with Crippen LogP contribution in [0.4, 0.5) is 5.69 Å². The van der Waals surface area contributed by atoms with Crippen LogP contribution in [-0.2, 0) is 0 Å². The summed E-state index contributed by atoms with van der Waals surface area (Å²) < 4.78 is 6.57. The van der Waals surface area contributed by atoms with E-state index in [-0.39, 0.29) is 6.23 Å². The highest BCUT2D eigenvalue weighted by Crippen LogP contribution is 2.43. The van der Waals surface area contributed by atoms with E-state index in [0.29, 0.717) is 0 Å². The summed E-state index contributed by atoms with van der Waals surface area (Å²) in [6.45, 7) is 0. The number of nitrogens with one attached hydrogen (secondary N) is 1. The van der Waals surface area contributed by atoms with Crippen molar-refractivity contribution in [2.24, 2.45) is 0 Å². The van der Waals surface area contributed by atoms with Gasteiger partial charge in [-0.25, -0.2) is 4.98 Å². The van der Waals surface area contributed by atoms with Crippen LogP contribution in [0.1, 0.15) is 11.8 Å². The van der Waals surface area contributed by atoms with Crippen LogP contribution in [0.15, 0.2) is 231 Å². The molecule has 11 rings (SSSR count). The molecule has 0 radical (unpaired) electrons. The average Bonchev–Trinajstić information content (AvgIpc) is 3.78. The molecule has 2 heterocycles. The molecule has 1 aliphatic rings. The van der Waals surface area contributed by atoms with E-state index in [1.807, 2.05) is 18.2 Å². The van der Waals surface area contributed by atoms with Gasteiger partial charge in [-0.15, -0.1) is 0 Å². The van der Waals surface area contributed by atoms with Crippen molar-refractivity contribution in [3.63, 3.8) is 0 Å². The number of fused-ring (bicyclic) bond motifs is 2. The summed E-state index contributed by atoms with van der Waals surface area (Å²) in [6.07, 6.45) is -0.262. The number of rotatable bonds is 8. The summed E-state index contributed by atoms with van der Waals surface area (Å²) in [6, 6.07) is 81.9. The van der Waals surface area contributed by atoms with Gasteiger partial charge in [0.25, 0.3) is 0 Å². The highest BCUT2D eigenvalue weighted by Gasteiger charge is 2.24. The van der Waals surface area contributed by atoms with Crippen molar-refractivity contribution in [2.45, 2.75) is 6.23 Å². The minimum absolute atomic E-state index is 0.262. The summed E-state index contributed by atoms with van der Waals surface area (Å²) in [5, 5.41) is 6.03. The molecule has 3 heteroatoms. The summed E-state index contributed by atoms with van der Waals surface area (Å²) in [5.74, 6) is 0.852. The summed E-state index contributed by atoms with van der Waals surface area (Å²) in [4.78, 5) is 5.11. The summed E-state index contributed by atoms with van der Waals surface area (Å²) >= 11 is 0. The van der Waals surface area contributed by atoms with Crippen molar-refractivity contribution < 1.29 is 4.74 Å². The van der Waals surface area contributed by atoms with Crippen molar-refractivity contribution >= 4 is 16.5 Å². The molecule has 0 saturated carbocycles. The lowest BCUT2D eigenvalue weighted by Crippen LogP contribution is -2.10. The molecular weight excluding hydrogens is 741 g/mol. The number of nitrogens with zero attached hydrogens (tertiary/aromatic N) is 1. The SMILES string of the molecule is c1ccc(-c2cccc(C3Nc4ccc(-c5cccc(-c6ccc7ccccc7c6-c6ccc(-c7cc(-c8ccccc8)nc(-c8ccccc8)c7)cc6)c5)cc4O3)c2)cc1. The molecule has 288 valence electrons. The molecule has 1 aromatic heterocycles. The lowest BCUT2D eigenvalue weighted by Gasteiger charge is -2.16. The first-order valence-corrected chi connectivity index (χ1v) is 20.8.